The third-order valence-corrected chi connectivity index (χ3v) is 3.19. The van der Waals surface area contributed by atoms with Crippen LogP contribution in [0.3, 0.4) is 0 Å². The maximum Gasteiger partial charge on any atom is 0.141 e. The van der Waals surface area contributed by atoms with Gasteiger partial charge in [-0.2, -0.15) is 0 Å². The molecule has 0 saturated heterocycles. The highest BCUT2D eigenvalue weighted by atomic mass is 79.9. The lowest BCUT2D eigenvalue weighted by Gasteiger charge is -2.14. The van der Waals surface area contributed by atoms with Gasteiger partial charge >= 0.3 is 0 Å². The molecule has 2 N–H and O–H groups in total. The summed E-state index contributed by atoms with van der Waals surface area (Å²) in [6, 6.07) is 6.01. The van der Waals surface area contributed by atoms with Gasteiger partial charge in [0, 0.05) is 4.47 Å². The molecule has 0 unspecified atom stereocenters. The van der Waals surface area contributed by atoms with Crippen molar-refractivity contribution in [1.29, 1.82) is 0 Å². The van der Waals surface area contributed by atoms with Crippen LogP contribution in [0.4, 0.5) is 5.82 Å². The number of benzene rings is 1. The van der Waals surface area contributed by atoms with E-state index in [1.165, 1.54) is 6.20 Å². The van der Waals surface area contributed by atoms with Gasteiger partial charge < -0.3 is 10.5 Å². The Kier molecular flexibility index (Phi) is 4.37. The molecule has 100 valence electrons. The summed E-state index contributed by atoms with van der Waals surface area (Å²) in [4.78, 5) is 8.15. The van der Waals surface area contributed by atoms with Crippen molar-refractivity contribution >= 4 is 21.7 Å². The van der Waals surface area contributed by atoms with E-state index in [0.717, 1.165) is 21.5 Å². The number of rotatable bonds is 4. The molecule has 19 heavy (non-hydrogen) atoms. The summed E-state index contributed by atoms with van der Waals surface area (Å²) >= 11 is 3.48. The maximum absolute atomic E-state index is 5.82. The molecule has 0 spiro atoms. The summed E-state index contributed by atoms with van der Waals surface area (Å²) in [7, 11) is 0. The lowest BCUT2D eigenvalue weighted by atomic mass is 10.0. The summed E-state index contributed by atoms with van der Waals surface area (Å²) in [5, 5.41) is 0. The molecule has 0 radical (unpaired) electrons. The van der Waals surface area contributed by atoms with Gasteiger partial charge in [-0.15, -0.1) is 0 Å². The first-order chi connectivity index (χ1) is 9.06. The molecule has 0 aliphatic carbocycles. The van der Waals surface area contributed by atoms with E-state index in [-0.39, 0.29) is 0 Å². The predicted octanol–water partition coefficient (Wildman–Crippen LogP) is 3.52. The Balaban J connectivity index is 2.13. The molecule has 5 heteroatoms. The second-order valence-corrected chi connectivity index (χ2v) is 5.47. The van der Waals surface area contributed by atoms with Crippen molar-refractivity contribution in [3.05, 3.63) is 46.3 Å². The van der Waals surface area contributed by atoms with Crippen LogP contribution >= 0.6 is 15.9 Å². The third kappa shape index (κ3) is 3.67. The standard InChI is InChI=1S/C14H16BrN3O/c1-9(2)12-5-10(15)3-4-13(12)19-8-11-6-18-14(16)7-17-11/h3-7,9H,8H2,1-2H3,(H2,16,18). The zero-order valence-electron chi connectivity index (χ0n) is 10.9. The number of nitrogen functional groups attached to an aromatic ring is 1. The first-order valence-corrected chi connectivity index (χ1v) is 6.84. The molecule has 4 nitrogen and oxygen atoms in total. The zero-order chi connectivity index (χ0) is 13.8. The van der Waals surface area contributed by atoms with Gasteiger partial charge in [-0.1, -0.05) is 29.8 Å². The van der Waals surface area contributed by atoms with Gasteiger partial charge in [0.2, 0.25) is 0 Å². The molecule has 1 aromatic carbocycles. The lowest BCUT2D eigenvalue weighted by molar-refractivity contribution is 0.296. The number of hydrogen-bond donors (Lipinski definition) is 1. The number of nitrogens with two attached hydrogens (primary N) is 1. The summed E-state index contributed by atoms with van der Waals surface area (Å²) in [6.45, 7) is 4.66. The quantitative estimate of drug-likeness (QED) is 0.935. The smallest absolute Gasteiger partial charge is 0.141 e. The predicted molar refractivity (Wildman–Crippen MR) is 79.0 cm³/mol. The second kappa shape index (κ2) is 6.02. The van der Waals surface area contributed by atoms with Crippen LogP contribution < -0.4 is 10.5 Å². The summed E-state index contributed by atoms with van der Waals surface area (Å²) in [5.41, 5.74) is 7.42. The number of anilines is 1. The first-order valence-electron chi connectivity index (χ1n) is 6.05. The normalized spacial score (nSPS) is 10.7. The SMILES string of the molecule is CC(C)c1cc(Br)ccc1OCc1cnc(N)cn1. The Labute approximate surface area is 121 Å². The van der Waals surface area contributed by atoms with Gasteiger partial charge in [0.25, 0.3) is 0 Å². The fraction of sp³-hybridized carbons (Fsp3) is 0.286. The number of nitrogens with zero attached hydrogens (tertiary/aromatic N) is 2. The molecule has 0 aliphatic heterocycles. The van der Waals surface area contributed by atoms with Crippen molar-refractivity contribution in [2.24, 2.45) is 0 Å². The number of ether oxygens (including phenoxy) is 1. The molecule has 0 amide bonds. The molecular weight excluding hydrogens is 306 g/mol. The molecule has 0 saturated carbocycles. The third-order valence-electron chi connectivity index (χ3n) is 2.69. The Bertz CT molecular complexity index is 555. The van der Waals surface area contributed by atoms with E-state index < -0.39 is 0 Å². The van der Waals surface area contributed by atoms with Crippen molar-refractivity contribution in [3.63, 3.8) is 0 Å². The highest BCUT2D eigenvalue weighted by Crippen LogP contribution is 2.29. The van der Waals surface area contributed by atoms with Crippen LogP contribution in [0.5, 0.6) is 5.75 Å². The Morgan fingerprint density at radius 2 is 2.05 bits per heavy atom. The molecule has 0 atom stereocenters. The number of halogens is 1. The van der Waals surface area contributed by atoms with Gasteiger partial charge in [-0.25, -0.2) is 4.98 Å². The van der Waals surface area contributed by atoms with E-state index in [1.54, 1.807) is 6.20 Å². The maximum atomic E-state index is 5.82. The average Bonchev–Trinajstić information content (AvgIpc) is 2.39. The Morgan fingerprint density at radius 3 is 2.68 bits per heavy atom. The lowest BCUT2D eigenvalue weighted by Crippen LogP contribution is -2.03. The van der Waals surface area contributed by atoms with Crippen LogP contribution in [0.2, 0.25) is 0 Å². The van der Waals surface area contributed by atoms with Crippen LogP contribution in [-0.2, 0) is 6.61 Å². The van der Waals surface area contributed by atoms with E-state index in [0.29, 0.717) is 18.3 Å². The van der Waals surface area contributed by atoms with Crippen LogP contribution in [0.1, 0.15) is 31.0 Å². The zero-order valence-corrected chi connectivity index (χ0v) is 12.5. The van der Waals surface area contributed by atoms with Crippen molar-refractivity contribution in [3.8, 4) is 5.75 Å². The van der Waals surface area contributed by atoms with Gasteiger partial charge in [0.1, 0.15) is 18.2 Å². The van der Waals surface area contributed by atoms with Crippen LogP contribution in [0.15, 0.2) is 35.1 Å². The molecule has 0 aliphatic rings. The molecule has 2 aromatic rings. The number of hydrogen-bond acceptors (Lipinski definition) is 4. The van der Waals surface area contributed by atoms with Gasteiger partial charge in [-0.05, 0) is 29.7 Å². The van der Waals surface area contributed by atoms with E-state index >= 15 is 0 Å². The molecule has 1 aromatic heterocycles. The van der Waals surface area contributed by atoms with Crippen molar-refractivity contribution in [1.82, 2.24) is 9.97 Å². The second-order valence-electron chi connectivity index (χ2n) is 4.56. The Hall–Kier alpha value is -1.62. The molecule has 0 fully saturated rings. The Morgan fingerprint density at radius 1 is 1.26 bits per heavy atom. The topological polar surface area (TPSA) is 61.0 Å². The fourth-order valence-corrected chi connectivity index (χ4v) is 2.07. The molecule has 2 rings (SSSR count). The van der Waals surface area contributed by atoms with Gasteiger partial charge in [0.15, 0.2) is 0 Å². The monoisotopic (exact) mass is 321 g/mol. The average molecular weight is 322 g/mol. The van der Waals surface area contributed by atoms with Gasteiger partial charge in [-0.3, -0.25) is 4.98 Å². The first kappa shape index (κ1) is 13.8. The van der Waals surface area contributed by atoms with Crippen LogP contribution in [-0.4, -0.2) is 9.97 Å². The minimum Gasteiger partial charge on any atom is -0.487 e. The van der Waals surface area contributed by atoms with E-state index in [2.05, 4.69) is 45.8 Å². The summed E-state index contributed by atoms with van der Waals surface area (Å²) in [6.07, 6.45) is 3.16. The van der Waals surface area contributed by atoms with Crippen molar-refractivity contribution in [2.75, 3.05) is 5.73 Å². The molecule has 1 heterocycles. The number of aromatic nitrogens is 2. The highest BCUT2D eigenvalue weighted by Gasteiger charge is 2.09. The summed E-state index contributed by atoms with van der Waals surface area (Å²) in [5.74, 6) is 1.68. The van der Waals surface area contributed by atoms with Crippen molar-refractivity contribution < 1.29 is 4.74 Å². The molecule has 0 bridgehead atoms. The van der Waals surface area contributed by atoms with Crippen LogP contribution in [0.25, 0.3) is 0 Å². The molecular formula is C14H16BrN3O. The fourth-order valence-electron chi connectivity index (χ4n) is 1.69. The van der Waals surface area contributed by atoms with E-state index in [9.17, 15) is 0 Å². The highest BCUT2D eigenvalue weighted by molar-refractivity contribution is 9.10. The summed E-state index contributed by atoms with van der Waals surface area (Å²) < 4.78 is 6.87. The van der Waals surface area contributed by atoms with Gasteiger partial charge in [0.05, 0.1) is 18.1 Å². The van der Waals surface area contributed by atoms with E-state index in [1.807, 2.05) is 12.1 Å². The minimum absolute atomic E-state index is 0.384. The van der Waals surface area contributed by atoms with Crippen molar-refractivity contribution in [2.45, 2.75) is 26.4 Å². The largest absolute Gasteiger partial charge is 0.487 e. The van der Waals surface area contributed by atoms with E-state index in [4.69, 9.17) is 10.5 Å². The van der Waals surface area contributed by atoms with Crippen LogP contribution in [0, 0.1) is 0 Å². The minimum atomic E-state index is 0.384.